The molecule has 0 radical (unpaired) electrons. The molecule has 0 heterocycles. The maximum atomic E-state index is 11.2. The van der Waals surface area contributed by atoms with Gasteiger partial charge >= 0.3 is 11.9 Å². The lowest BCUT2D eigenvalue weighted by atomic mass is 10.1. The van der Waals surface area contributed by atoms with Crippen LogP contribution in [-0.4, -0.2) is 35.5 Å². The van der Waals surface area contributed by atoms with E-state index in [4.69, 9.17) is 5.11 Å². The third kappa shape index (κ3) is 3.10. The Balaban J connectivity index is 2.05. The highest BCUT2D eigenvalue weighted by molar-refractivity contribution is 6.31. The molecule has 1 amide bonds. The van der Waals surface area contributed by atoms with E-state index in [1.54, 1.807) is 0 Å². The quantitative estimate of drug-likeness (QED) is 0.855. The van der Waals surface area contributed by atoms with Crippen molar-refractivity contribution < 1.29 is 14.7 Å². The van der Waals surface area contributed by atoms with Crippen molar-refractivity contribution in [2.45, 2.75) is 6.42 Å². The van der Waals surface area contributed by atoms with Crippen LogP contribution in [-0.2, 0) is 16.0 Å². The molecule has 1 N–H and O–H groups in total. The molecule has 2 rings (SSSR count). The van der Waals surface area contributed by atoms with Gasteiger partial charge in [0.1, 0.15) is 0 Å². The van der Waals surface area contributed by atoms with Crippen molar-refractivity contribution in [3.63, 3.8) is 0 Å². The van der Waals surface area contributed by atoms with Gasteiger partial charge in [-0.05, 0) is 22.8 Å². The highest BCUT2D eigenvalue weighted by Crippen LogP contribution is 2.16. The van der Waals surface area contributed by atoms with Gasteiger partial charge in [0.2, 0.25) is 0 Å². The van der Waals surface area contributed by atoms with Crippen molar-refractivity contribution in [1.29, 1.82) is 0 Å². The van der Waals surface area contributed by atoms with Crippen LogP contribution in [0.5, 0.6) is 0 Å². The summed E-state index contributed by atoms with van der Waals surface area (Å²) < 4.78 is 0. The summed E-state index contributed by atoms with van der Waals surface area (Å²) in [5.74, 6) is -2.29. The van der Waals surface area contributed by atoms with Crippen molar-refractivity contribution >= 4 is 22.6 Å². The van der Waals surface area contributed by atoms with Crippen molar-refractivity contribution in [2.24, 2.45) is 0 Å². The fraction of sp³-hybridized carbons (Fsp3) is 0.200. The second-order valence-electron chi connectivity index (χ2n) is 4.46. The van der Waals surface area contributed by atoms with Crippen LogP contribution in [0.3, 0.4) is 0 Å². The van der Waals surface area contributed by atoms with Crippen molar-refractivity contribution in [3.05, 3.63) is 48.0 Å². The van der Waals surface area contributed by atoms with E-state index in [0.29, 0.717) is 13.0 Å². The number of hydrogen-bond donors (Lipinski definition) is 1. The zero-order valence-corrected chi connectivity index (χ0v) is 10.7. The van der Waals surface area contributed by atoms with Crippen LogP contribution in [0.4, 0.5) is 0 Å². The molecule has 19 heavy (non-hydrogen) atoms. The SMILES string of the molecule is CN(CCc1ccc2ccccc2c1)C(=O)C(=O)O. The largest absolute Gasteiger partial charge is 0.474 e. The van der Waals surface area contributed by atoms with E-state index >= 15 is 0 Å². The molecule has 0 spiro atoms. The first-order valence-electron chi connectivity index (χ1n) is 6.04. The van der Waals surface area contributed by atoms with Gasteiger partial charge in [0.25, 0.3) is 0 Å². The summed E-state index contributed by atoms with van der Waals surface area (Å²) in [6.45, 7) is 0.392. The minimum Gasteiger partial charge on any atom is -0.474 e. The van der Waals surface area contributed by atoms with E-state index in [1.165, 1.54) is 17.3 Å². The number of carboxylic acids is 1. The molecule has 0 saturated carbocycles. The number of carbonyl (C=O) groups excluding carboxylic acids is 1. The van der Waals surface area contributed by atoms with Gasteiger partial charge in [0, 0.05) is 13.6 Å². The average Bonchev–Trinajstić information content (AvgIpc) is 2.43. The van der Waals surface area contributed by atoms with Crippen LogP contribution in [0.1, 0.15) is 5.56 Å². The second kappa shape index (κ2) is 5.52. The molecule has 4 nitrogen and oxygen atoms in total. The molecule has 2 aromatic carbocycles. The molecule has 0 unspecified atom stereocenters. The molecule has 0 aliphatic carbocycles. The Morgan fingerprint density at radius 3 is 2.47 bits per heavy atom. The lowest BCUT2D eigenvalue weighted by Gasteiger charge is -2.14. The molecular formula is C15H15NO3. The lowest BCUT2D eigenvalue weighted by Crippen LogP contribution is -2.34. The molecule has 0 bridgehead atoms. The smallest absolute Gasteiger partial charge is 0.394 e. The molecule has 0 atom stereocenters. The third-order valence-electron chi connectivity index (χ3n) is 3.08. The van der Waals surface area contributed by atoms with Gasteiger partial charge in [-0.3, -0.25) is 4.79 Å². The van der Waals surface area contributed by atoms with Crippen LogP contribution in [0.15, 0.2) is 42.5 Å². The number of fused-ring (bicyclic) bond motifs is 1. The minimum atomic E-state index is -1.42. The van der Waals surface area contributed by atoms with Gasteiger partial charge in [-0.1, -0.05) is 42.5 Å². The zero-order valence-electron chi connectivity index (χ0n) is 10.7. The Kier molecular flexibility index (Phi) is 3.80. The number of carbonyl (C=O) groups is 2. The van der Waals surface area contributed by atoms with Gasteiger partial charge < -0.3 is 10.0 Å². The topological polar surface area (TPSA) is 57.6 Å². The van der Waals surface area contributed by atoms with Crippen molar-refractivity contribution in [2.75, 3.05) is 13.6 Å². The number of aliphatic carboxylic acids is 1. The number of benzene rings is 2. The first kappa shape index (κ1) is 13.1. The van der Waals surface area contributed by atoms with Crippen LogP contribution < -0.4 is 0 Å². The van der Waals surface area contributed by atoms with E-state index in [1.807, 2.05) is 36.4 Å². The fourth-order valence-corrected chi connectivity index (χ4v) is 1.96. The van der Waals surface area contributed by atoms with Crippen LogP contribution >= 0.6 is 0 Å². The number of amides is 1. The monoisotopic (exact) mass is 257 g/mol. The number of nitrogens with zero attached hydrogens (tertiary/aromatic N) is 1. The highest BCUT2D eigenvalue weighted by atomic mass is 16.4. The normalized spacial score (nSPS) is 10.4. The molecular weight excluding hydrogens is 242 g/mol. The van der Waals surface area contributed by atoms with Gasteiger partial charge in [-0.2, -0.15) is 0 Å². The Morgan fingerprint density at radius 1 is 1.11 bits per heavy atom. The van der Waals surface area contributed by atoms with Crippen LogP contribution in [0.2, 0.25) is 0 Å². The molecule has 0 aliphatic rings. The molecule has 4 heteroatoms. The first-order valence-corrected chi connectivity index (χ1v) is 6.04. The third-order valence-corrected chi connectivity index (χ3v) is 3.08. The fourth-order valence-electron chi connectivity index (χ4n) is 1.96. The van der Waals surface area contributed by atoms with E-state index in [2.05, 4.69) is 6.07 Å². The van der Waals surface area contributed by atoms with E-state index < -0.39 is 11.9 Å². The molecule has 98 valence electrons. The molecule has 0 aromatic heterocycles. The molecule has 2 aromatic rings. The van der Waals surface area contributed by atoms with Gasteiger partial charge in [0.05, 0.1) is 0 Å². The first-order chi connectivity index (χ1) is 9.08. The summed E-state index contributed by atoms with van der Waals surface area (Å²) in [4.78, 5) is 23.0. The summed E-state index contributed by atoms with van der Waals surface area (Å²) in [5.41, 5.74) is 1.09. The van der Waals surface area contributed by atoms with Gasteiger partial charge in [-0.25, -0.2) is 4.79 Å². The average molecular weight is 257 g/mol. The predicted octanol–water partition coefficient (Wildman–Crippen LogP) is 1.93. The van der Waals surface area contributed by atoms with Crippen molar-refractivity contribution in [3.8, 4) is 0 Å². The summed E-state index contributed by atoms with van der Waals surface area (Å²) in [5, 5.41) is 10.9. The Bertz CT molecular complexity index is 622. The second-order valence-corrected chi connectivity index (χ2v) is 4.46. The highest BCUT2D eigenvalue weighted by Gasteiger charge is 2.16. The molecule has 0 fully saturated rings. The predicted molar refractivity (Wildman–Crippen MR) is 72.9 cm³/mol. The Morgan fingerprint density at radius 2 is 1.79 bits per heavy atom. The van der Waals surface area contributed by atoms with Crippen LogP contribution in [0.25, 0.3) is 10.8 Å². The van der Waals surface area contributed by atoms with E-state index in [-0.39, 0.29) is 0 Å². The summed E-state index contributed by atoms with van der Waals surface area (Å²) >= 11 is 0. The maximum absolute atomic E-state index is 11.2. The van der Waals surface area contributed by atoms with Gasteiger partial charge in [0.15, 0.2) is 0 Å². The Hall–Kier alpha value is -2.36. The minimum absolute atomic E-state index is 0.392. The number of rotatable bonds is 3. The Labute approximate surface area is 111 Å². The summed E-state index contributed by atoms with van der Waals surface area (Å²) in [6, 6.07) is 14.1. The summed E-state index contributed by atoms with van der Waals surface area (Å²) in [7, 11) is 1.50. The standard InChI is InChI=1S/C15H15NO3/c1-16(14(17)15(18)19)9-8-11-6-7-12-4-2-3-5-13(12)10-11/h2-7,10H,8-9H2,1H3,(H,18,19). The summed E-state index contributed by atoms with van der Waals surface area (Å²) in [6.07, 6.45) is 0.639. The van der Waals surface area contributed by atoms with Crippen molar-refractivity contribution in [1.82, 2.24) is 4.90 Å². The van der Waals surface area contributed by atoms with E-state index in [9.17, 15) is 9.59 Å². The van der Waals surface area contributed by atoms with E-state index in [0.717, 1.165) is 10.9 Å². The number of carboxylic acid groups (broad SMARTS) is 1. The number of hydrogen-bond acceptors (Lipinski definition) is 2. The lowest BCUT2D eigenvalue weighted by molar-refractivity contribution is -0.155. The maximum Gasteiger partial charge on any atom is 0.394 e. The zero-order chi connectivity index (χ0) is 13.8. The van der Waals surface area contributed by atoms with Gasteiger partial charge in [-0.15, -0.1) is 0 Å². The van der Waals surface area contributed by atoms with Crippen LogP contribution in [0, 0.1) is 0 Å². The molecule has 0 saturated heterocycles. The number of likely N-dealkylation sites (N-methyl/N-ethyl adjacent to an activating group) is 1. The molecule has 0 aliphatic heterocycles.